The third kappa shape index (κ3) is 11.1. The fraction of sp³-hybridized carbons (Fsp3) is 0.400. The molecule has 2 unspecified atom stereocenters. The maximum atomic E-state index is 13.6. The maximum Gasteiger partial charge on any atom is 0.414 e. The Hall–Kier alpha value is -3.82. The smallest absolute Gasteiger partial charge is 0.414 e. The monoisotopic (exact) mass is 686 g/mol. The van der Waals surface area contributed by atoms with Crippen LogP contribution < -0.4 is 4.74 Å². The number of methoxy groups -OCH3 is 2. The lowest BCUT2D eigenvalue weighted by atomic mass is 9.97. The lowest BCUT2D eigenvalue weighted by Crippen LogP contribution is -2.32. The Balaban J connectivity index is 1.73. The van der Waals surface area contributed by atoms with Crippen LogP contribution in [0.5, 0.6) is 11.5 Å². The van der Waals surface area contributed by atoms with E-state index in [0.717, 1.165) is 51.0 Å². The lowest BCUT2D eigenvalue weighted by molar-refractivity contribution is -0.212. The molecule has 0 aliphatic rings. The van der Waals surface area contributed by atoms with Gasteiger partial charge in [-0.25, -0.2) is 0 Å². The van der Waals surface area contributed by atoms with Gasteiger partial charge in [0.05, 0.1) is 0 Å². The Morgan fingerprint density at radius 1 is 0.490 bits per heavy atom. The molecule has 0 aromatic heterocycles. The van der Waals surface area contributed by atoms with Gasteiger partial charge in [-0.3, -0.25) is 0 Å². The van der Waals surface area contributed by atoms with Gasteiger partial charge in [0.1, 0.15) is 11.5 Å². The molecule has 0 radical (unpaired) electrons. The average molecular weight is 687 g/mol. The van der Waals surface area contributed by atoms with Crippen molar-refractivity contribution in [2.75, 3.05) is 14.2 Å². The number of halogens is 6. The third-order valence-corrected chi connectivity index (χ3v) is 8.52. The van der Waals surface area contributed by atoms with E-state index >= 15 is 0 Å². The fourth-order valence-electron chi connectivity index (χ4n) is 5.87. The lowest BCUT2D eigenvalue weighted by Gasteiger charge is -2.21. The van der Waals surface area contributed by atoms with Gasteiger partial charge in [0.2, 0.25) is 0 Å². The highest BCUT2D eigenvalue weighted by molar-refractivity contribution is 5.48. The van der Waals surface area contributed by atoms with Crippen molar-refractivity contribution in [2.45, 2.75) is 89.8 Å². The van der Waals surface area contributed by atoms with Crippen LogP contribution in [-0.4, -0.2) is 38.8 Å². The predicted octanol–water partition coefficient (Wildman–Crippen LogP) is 10.8. The van der Waals surface area contributed by atoms with Crippen LogP contribution in [0.2, 0.25) is 0 Å². The highest BCUT2D eigenvalue weighted by atomic mass is 19.4. The van der Waals surface area contributed by atoms with Crippen LogP contribution in [0.15, 0.2) is 84.9 Å². The largest absolute Gasteiger partial charge is 0.457 e. The molecule has 9 heteroatoms. The average Bonchev–Trinajstić information content (AvgIpc) is 3.05. The summed E-state index contributed by atoms with van der Waals surface area (Å²) in [5.74, 6) is 0.888. The minimum Gasteiger partial charge on any atom is -0.457 e. The Kier molecular flexibility index (Phi) is 13.3. The molecule has 4 aromatic rings. The van der Waals surface area contributed by atoms with Crippen LogP contribution in [0, 0.1) is 0 Å². The van der Waals surface area contributed by atoms with E-state index in [1.54, 1.807) is 36.4 Å². The van der Waals surface area contributed by atoms with Crippen molar-refractivity contribution in [1.29, 1.82) is 0 Å². The predicted molar refractivity (Wildman–Crippen MR) is 181 cm³/mol. The molecular weight excluding hydrogens is 642 g/mol. The van der Waals surface area contributed by atoms with Crippen LogP contribution in [-0.2, 0) is 48.0 Å². The first kappa shape index (κ1) is 38.0. The maximum absolute atomic E-state index is 13.6. The van der Waals surface area contributed by atoms with Crippen molar-refractivity contribution in [3.8, 4) is 11.5 Å². The quantitative estimate of drug-likeness (QED) is 0.110. The standard InChI is InChI=1S/C40H44F6O3/c1-5-7-27-9-13-29(14-10-27)21-33-23-31(25-37(47-3)39(41,42)43)17-19-35(33)49-36-20-18-32(26-38(48-4)40(44,45)46)24-34(36)22-30-15-11-28(8-6-2)12-16-30/h9-20,23-24,37-38H,5-8,21-22,25-26H2,1-4H3. The number of aryl methyl sites for hydroxylation is 2. The van der Waals surface area contributed by atoms with E-state index in [4.69, 9.17) is 14.2 Å². The molecule has 0 heterocycles. The summed E-state index contributed by atoms with van der Waals surface area (Å²) in [5, 5.41) is 0. The summed E-state index contributed by atoms with van der Waals surface area (Å²) in [6, 6.07) is 26.1. The second kappa shape index (κ2) is 17.2. The summed E-state index contributed by atoms with van der Waals surface area (Å²) in [6.45, 7) is 4.21. The van der Waals surface area contributed by atoms with E-state index in [2.05, 4.69) is 13.8 Å². The fourth-order valence-corrected chi connectivity index (χ4v) is 5.87. The van der Waals surface area contributed by atoms with E-state index < -0.39 is 24.6 Å². The zero-order valence-corrected chi connectivity index (χ0v) is 28.4. The first-order valence-corrected chi connectivity index (χ1v) is 16.6. The molecule has 0 bridgehead atoms. The summed E-state index contributed by atoms with van der Waals surface area (Å²) in [6.07, 6.45) is -9.03. The first-order valence-electron chi connectivity index (χ1n) is 16.6. The van der Waals surface area contributed by atoms with E-state index in [-0.39, 0.29) is 12.8 Å². The van der Waals surface area contributed by atoms with Gasteiger partial charge < -0.3 is 14.2 Å². The number of rotatable bonds is 16. The minimum atomic E-state index is -4.53. The zero-order chi connectivity index (χ0) is 35.6. The molecule has 4 aromatic carbocycles. The second-order valence-corrected chi connectivity index (χ2v) is 12.4. The minimum absolute atomic E-state index is 0.365. The van der Waals surface area contributed by atoms with Gasteiger partial charge in [-0.2, -0.15) is 26.3 Å². The number of benzene rings is 4. The van der Waals surface area contributed by atoms with Gasteiger partial charge >= 0.3 is 12.4 Å². The van der Waals surface area contributed by atoms with Gasteiger partial charge in [-0.1, -0.05) is 99.5 Å². The summed E-state index contributed by atoms with van der Waals surface area (Å²) in [4.78, 5) is 0. The van der Waals surface area contributed by atoms with Gasteiger partial charge in [0.15, 0.2) is 12.2 Å². The van der Waals surface area contributed by atoms with Crippen LogP contribution in [0.25, 0.3) is 0 Å². The summed E-state index contributed by atoms with van der Waals surface area (Å²) < 4.78 is 97.5. The zero-order valence-electron chi connectivity index (χ0n) is 28.4. The first-order chi connectivity index (χ1) is 23.3. The molecular formula is C40H44F6O3. The molecule has 0 fully saturated rings. The summed E-state index contributed by atoms with van der Waals surface area (Å²) in [5.41, 5.74) is 6.53. The molecule has 4 rings (SSSR count). The highest BCUT2D eigenvalue weighted by Crippen LogP contribution is 2.35. The van der Waals surface area contributed by atoms with Crippen LogP contribution in [0.3, 0.4) is 0 Å². The molecule has 49 heavy (non-hydrogen) atoms. The SMILES string of the molecule is CCCc1ccc(Cc2cc(CC(OC)C(F)(F)F)ccc2Oc2ccc(CC(OC)C(F)(F)F)cc2Cc2ccc(CCC)cc2)cc1. The number of alkyl halides is 6. The molecule has 0 saturated carbocycles. The molecule has 0 spiro atoms. The molecule has 0 saturated heterocycles. The van der Waals surface area contributed by atoms with Gasteiger partial charge in [-0.15, -0.1) is 0 Å². The second-order valence-electron chi connectivity index (χ2n) is 12.4. The number of hydrogen-bond donors (Lipinski definition) is 0. The van der Waals surface area contributed by atoms with Gasteiger partial charge in [0.25, 0.3) is 0 Å². The summed E-state index contributed by atoms with van der Waals surface area (Å²) >= 11 is 0. The molecule has 0 aliphatic heterocycles. The van der Waals surface area contributed by atoms with Crippen molar-refractivity contribution < 1.29 is 40.6 Å². The van der Waals surface area contributed by atoms with E-state index in [0.29, 0.717) is 46.6 Å². The molecule has 0 amide bonds. The van der Waals surface area contributed by atoms with Crippen molar-refractivity contribution >= 4 is 0 Å². The molecule has 0 aliphatic carbocycles. The number of ether oxygens (including phenoxy) is 3. The molecule has 264 valence electrons. The molecule has 2 atom stereocenters. The van der Waals surface area contributed by atoms with Gasteiger partial charge in [0, 0.05) is 39.9 Å². The van der Waals surface area contributed by atoms with Crippen molar-refractivity contribution in [2.24, 2.45) is 0 Å². The number of hydrogen-bond acceptors (Lipinski definition) is 3. The van der Waals surface area contributed by atoms with E-state index in [9.17, 15) is 26.3 Å². The van der Waals surface area contributed by atoms with Gasteiger partial charge in [-0.05, 0) is 69.5 Å². The van der Waals surface area contributed by atoms with Crippen LogP contribution in [0.1, 0.15) is 71.2 Å². The van der Waals surface area contributed by atoms with Crippen molar-refractivity contribution in [3.63, 3.8) is 0 Å². The third-order valence-electron chi connectivity index (χ3n) is 8.52. The molecule has 3 nitrogen and oxygen atoms in total. The Bertz CT molecular complexity index is 1490. The Labute approximate surface area is 285 Å². The molecule has 0 N–H and O–H groups in total. The van der Waals surface area contributed by atoms with Crippen molar-refractivity contribution in [1.82, 2.24) is 0 Å². The Morgan fingerprint density at radius 2 is 0.816 bits per heavy atom. The van der Waals surface area contributed by atoms with E-state index in [1.807, 2.05) is 48.5 Å². The topological polar surface area (TPSA) is 27.7 Å². The van der Waals surface area contributed by atoms with Crippen LogP contribution >= 0.6 is 0 Å². The summed E-state index contributed by atoms with van der Waals surface area (Å²) in [7, 11) is 2.08. The van der Waals surface area contributed by atoms with Crippen LogP contribution in [0.4, 0.5) is 26.3 Å². The highest BCUT2D eigenvalue weighted by Gasteiger charge is 2.40. The normalized spacial score (nSPS) is 13.3. The van der Waals surface area contributed by atoms with E-state index in [1.165, 1.54) is 11.1 Å². The Morgan fingerprint density at radius 3 is 1.12 bits per heavy atom. The van der Waals surface area contributed by atoms with Crippen molar-refractivity contribution in [3.05, 3.63) is 129 Å².